The van der Waals surface area contributed by atoms with Crippen LogP contribution in [0.5, 0.6) is 0 Å². The van der Waals surface area contributed by atoms with Crippen LogP contribution in [0.4, 0.5) is 0 Å². The Bertz CT molecular complexity index is 312. The van der Waals surface area contributed by atoms with Crippen molar-refractivity contribution >= 4 is 5.78 Å². The second-order valence-corrected chi connectivity index (χ2v) is 4.18. The first kappa shape index (κ1) is 10.4. The van der Waals surface area contributed by atoms with E-state index in [1.54, 1.807) is 13.2 Å². The molecule has 2 rings (SSSR count). The molecule has 0 saturated carbocycles. The third-order valence-electron chi connectivity index (χ3n) is 2.93. The molecule has 3 heteroatoms. The van der Waals surface area contributed by atoms with Crippen LogP contribution in [0.1, 0.15) is 38.0 Å². The van der Waals surface area contributed by atoms with Gasteiger partial charge >= 0.3 is 0 Å². The van der Waals surface area contributed by atoms with Crippen molar-refractivity contribution in [2.45, 2.75) is 32.2 Å². The van der Waals surface area contributed by atoms with Gasteiger partial charge in [-0.25, -0.2) is 0 Å². The van der Waals surface area contributed by atoms with Gasteiger partial charge in [0.1, 0.15) is 11.5 Å². The van der Waals surface area contributed by atoms with Crippen LogP contribution in [-0.4, -0.2) is 23.8 Å². The monoisotopic (exact) mass is 207 g/mol. The van der Waals surface area contributed by atoms with Gasteiger partial charge in [-0.15, -0.1) is 0 Å². The molecule has 0 amide bonds. The Kier molecular flexibility index (Phi) is 3.21. The van der Waals surface area contributed by atoms with Gasteiger partial charge < -0.3 is 4.42 Å². The van der Waals surface area contributed by atoms with Crippen LogP contribution in [0.25, 0.3) is 0 Å². The summed E-state index contributed by atoms with van der Waals surface area (Å²) in [5.41, 5.74) is 0. The number of furan rings is 1. The molecule has 82 valence electrons. The largest absolute Gasteiger partial charge is 0.468 e. The van der Waals surface area contributed by atoms with Crippen molar-refractivity contribution in [1.82, 2.24) is 4.90 Å². The summed E-state index contributed by atoms with van der Waals surface area (Å²) in [5, 5.41) is 0. The predicted octanol–water partition coefficient (Wildman–Crippen LogP) is 2.40. The normalized spacial score (nSPS) is 19.3. The lowest BCUT2D eigenvalue weighted by Crippen LogP contribution is -2.26. The maximum absolute atomic E-state index is 11.2. The van der Waals surface area contributed by atoms with Crippen molar-refractivity contribution in [3.05, 3.63) is 24.2 Å². The highest BCUT2D eigenvalue weighted by molar-refractivity contribution is 5.76. The number of carbonyl (C=O) groups is 1. The molecule has 1 aromatic rings. The Balaban J connectivity index is 2.12. The van der Waals surface area contributed by atoms with Gasteiger partial charge in [0.15, 0.2) is 0 Å². The van der Waals surface area contributed by atoms with Crippen LogP contribution in [0.3, 0.4) is 0 Å². The van der Waals surface area contributed by atoms with E-state index in [1.807, 2.05) is 12.1 Å². The second-order valence-electron chi connectivity index (χ2n) is 4.18. The number of rotatable bonds is 4. The van der Waals surface area contributed by atoms with Crippen molar-refractivity contribution in [1.29, 1.82) is 0 Å². The molecule has 1 saturated heterocycles. The van der Waals surface area contributed by atoms with Gasteiger partial charge in [0.25, 0.3) is 0 Å². The molecular formula is C12H17NO2. The molecule has 1 fully saturated rings. The van der Waals surface area contributed by atoms with E-state index >= 15 is 0 Å². The fourth-order valence-corrected chi connectivity index (χ4v) is 2.22. The number of nitrogens with zero attached hydrogens (tertiary/aromatic N) is 1. The van der Waals surface area contributed by atoms with E-state index in [1.165, 1.54) is 12.8 Å². The summed E-state index contributed by atoms with van der Waals surface area (Å²) in [6.07, 6.45) is 4.70. The fourth-order valence-electron chi connectivity index (χ4n) is 2.22. The molecule has 1 atom stereocenters. The number of carbonyl (C=O) groups excluding carboxylic acids is 1. The van der Waals surface area contributed by atoms with Crippen LogP contribution in [0, 0.1) is 0 Å². The summed E-state index contributed by atoms with van der Waals surface area (Å²) >= 11 is 0. The number of hydrogen-bond acceptors (Lipinski definition) is 3. The SMILES string of the molecule is CC(=O)CC(c1ccco1)N1CCCC1. The molecule has 0 aliphatic carbocycles. The van der Waals surface area contributed by atoms with Gasteiger partial charge in [0.2, 0.25) is 0 Å². The Morgan fingerprint density at radius 3 is 2.80 bits per heavy atom. The zero-order valence-corrected chi connectivity index (χ0v) is 9.11. The molecule has 1 aliphatic rings. The van der Waals surface area contributed by atoms with Crippen molar-refractivity contribution in [3.8, 4) is 0 Å². The van der Waals surface area contributed by atoms with Crippen LogP contribution >= 0.6 is 0 Å². The van der Waals surface area contributed by atoms with E-state index < -0.39 is 0 Å². The average molecular weight is 207 g/mol. The number of Topliss-reactive ketones (excluding diaryl/α,β-unsaturated/α-hetero) is 1. The van der Waals surface area contributed by atoms with Gasteiger partial charge in [-0.05, 0) is 45.0 Å². The van der Waals surface area contributed by atoms with Crippen LogP contribution in [0.2, 0.25) is 0 Å². The summed E-state index contributed by atoms with van der Waals surface area (Å²) < 4.78 is 5.42. The zero-order valence-electron chi connectivity index (χ0n) is 9.11. The topological polar surface area (TPSA) is 33.5 Å². The van der Waals surface area contributed by atoms with Crippen LogP contribution in [0.15, 0.2) is 22.8 Å². The van der Waals surface area contributed by atoms with Gasteiger partial charge in [-0.2, -0.15) is 0 Å². The Hall–Kier alpha value is -1.09. The standard InChI is InChI=1S/C12H17NO2/c1-10(14)9-11(12-5-4-8-15-12)13-6-2-3-7-13/h4-5,8,11H,2-3,6-7,9H2,1H3. The van der Waals surface area contributed by atoms with Crippen molar-refractivity contribution in [2.75, 3.05) is 13.1 Å². The quantitative estimate of drug-likeness (QED) is 0.760. The fraction of sp³-hybridized carbons (Fsp3) is 0.583. The summed E-state index contributed by atoms with van der Waals surface area (Å²) in [6, 6.07) is 4.00. The van der Waals surface area contributed by atoms with Gasteiger partial charge in [0, 0.05) is 6.42 Å². The Morgan fingerprint density at radius 1 is 1.53 bits per heavy atom. The van der Waals surface area contributed by atoms with E-state index in [-0.39, 0.29) is 11.8 Å². The number of ketones is 1. The molecule has 1 unspecified atom stereocenters. The zero-order chi connectivity index (χ0) is 10.7. The lowest BCUT2D eigenvalue weighted by Gasteiger charge is -2.24. The molecule has 0 N–H and O–H groups in total. The minimum Gasteiger partial charge on any atom is -0.468 e. The predicted molar refractivity (Wildman–Crippen MR) is 57.6 cm³/mol. The van der Waals surface area contributed by atoms with E-state index in [4.69, 9.17) is 4.42 Å². The molecular weight excluding hydrogens is 190 g/mol. The van der Waals surface area contributed by atoms with E-state index in [0.29, 0.717) is 6.42 Å². The summed E-state index contributed by atoms with van der Waals surface area (Å²) in [7, 11) is 0. The minimum absolute atomic E-state index is 0.153. The molecule has 0 bridgehead atoms. The van der Waals surface area contributed by atoms with E-state index in [0.717, 1.165) is 18.8 Å². The van der Waals surface area contributed by atoms with E-state index in [2.05, 4.69) is 4.90 Å². The Morgan fingerprint density at radius 2 is 2.27 bits per heavy atom. The van der Waals surface area contributed by atoms with Crippen molar-refractivity contribution in [2.24, 2.45) is 0 Å². The number of likely N-dealkylation sites (tertiary alicyclic amines) is 1. The molecule has 3 nitrogen and oxygen atoms in total. The molecule has 0 aromatic carbocycles. The smallest absolute Gasteiger partial charge is 0.131 e. The highest BCUT2D eigenvalue weighted by atomic mass is 16.3. The average Bonchev–Trinajstić information content (AvgIpc) is 2.87. The second kappa shape index (κ2) is 4.62. The molecule has 0 spiro atoms. The molecule has 2 heterocycles. The lowest BCUT2D eigenvalue weighted by molar-refractivity contribution is -0.118. The highest BCUT2D eigenvalue weighted by Gasteiger charge is 2.26. The maximum atomic E-state index is 11.2. The number of hydrogen-bond donors (Lipinski definition) is 0. The molecule has 0 radical (unpaired) electrons. The van der Waals surface area contributed by atoms with Crippen molar-refractivity contribution < 1.29 is 9.21 Å². The third-order valence-corrected chi connectivity index (χ3v) is 2.93. The van der Waals surface area contributed by atoms with Gasteiger partial charge in [-0.3, -0.25) is 9.69 Å². The first-order valence-corrected chi connectivity index (χ1v) is 5.54. The highest BCUT2D eigenvalue weighted by Crippen LogP contribution is 2.28. The van der Waals surface area contributed by atoms with E-state index in [9.17, 15) is 4.79 Å². The molecule has 1 aromatic heterocycles. The van der Waals surface area contributed by atoms with Crippen LogP contribution in [-0.2, 0) is 4.79 Å². The van der Waals surface area contributed by atoms with Crippen LogP contribution < -0.4 is 0 Å². The minimum atomic E-state index is 0.153. The van der Waals surface area contributed by atoms with Gasteiger partial charge in [-0.1, -0.05) is 0 Å². The van der Waals surface area contributed by atoms with Crippen molar-refractivity contribution in [3.63, 3.8) is 0 Å². The molecule has 1 aliphatic heterocycles. The maximum Gasteiger partial charge on any atom is 0.131 e. The first-order valence-electron chi connectivity index (χ1n) is 5.54. The van der Waals surface area contributed by atoms with Gasteiger partial charge in [0.05, 0.1) is 12.3 Å². The first-order chi connectivity index (χ1) is 7.27. The Labute approximate surface area is 90.1 Å². The third kappa shape index (κ3) is 2.48. The summed E-state index contributed by atoms with van der Waals surface area (Å²) in [6.45, 7) is 3.81. The molecule has 15 heavy (non-hydrogen) atoms. The summed E-state index contributed by atoms with van der Waals surface area (Å²) in [5.74, 6) is 1.15. The summed E-state index contributed by atoms with van der Waals surface area (Å²) in [4.78, 5) is 13.6. The lowest BCUT2D eigenvalue weighted by atomic mass is 10.1.